The Morgan fingerprint density at radius 2 is 1.71 bits per heavy atom. The fourth-order valence-corrected chi connectivity index (χ4v) is 7.31. The molecule has 1 aliphatic heterocycles. The normalized spacial score (nSPS) is 15.4. The summed E-state index contributed by atoms with van der Waals surface area (Å²) in [6, 6.07) is 26.3. The van der Waals surface area contributed by atoms with Crippen molar-refractivity contribution in [3.63, 3.8) is 0 Å². The second-order valence-electron chi connectivity index (χ2n) is 11.0. The summed E-state index contributed by atoms with van der Waals surface area (Å²) >= 11 is 8.66. The lowest BCUT2D eigenvalue weighted by molar-refractivity contribution is -0.132. The van der Waals surface area contributed by atoms with Crippen molar-refractivity contribution in [3.8, 4) is 17.2 Å². The highest BCUT2D eigenvalue weighted by atomic mass is 35.5. The molecule has 0 bridgehead atoms. The molecule has 1 aromatic heterocycles. The van der Waals surface area contributed by atoms with Gasteiger partial charge in [0.05, 0.1) is 25.3 Å². The predicted octanol–water partition coefficient (Wildman–Crippen LogP) is 8.40. The summed E-state index contributed by atoms with van der Waals surface area (Å²) < 4.78 is 17.9. The van der Waals surface area contributed by atoms with Crippen LogP contribution in [0.1, 0.15) is 40.8 Å². The van der Waals surface area contributed by atoms with Crippen LogP contribution >= 0.6 is 34.7 Å². The average molecular weight is 714 g/mol. The van der Waals surface area contributed by atoms with Gasteiger partial charge >= 0.3 is 5.91 Å². The summed E-state index contributed by atoms with van der Waals surface area (Å²) in [6.45, 7) is 4.68. The Hall–Kier alpha value is -4.84. The molecule has 2 heterocycles. The third kappa shape index (κ3) is 7.44. The number of Topliss-reactive ketones (excluding diaryl/α,β-unsaturated/α-hetero) is 1. The van der Waals surface area contributed by atoms with E-state index in [0.29, 0.717) is 56.7 Å². The molecule has 1 unspecified atom stereocenters. The lowest BCUT2D eigenvalue weighted by Gasteiger charge is -2.23. The van der Waals surface area contributed by atoms with Crippen LogP contribution < -0.4 is 19.1 Å². The van der Waals surface area contributed by atoms with E-state index in [2.05, 4.69) is 10.2 Å². The molecule has 0 spiro atoms. The van der Waals surface area contributed by atoms with Gasteiger partial charge in [-0.15, -0.1) is 10.2 Å². The number of amides is 1. The molecule has 0 saturated carbocycles. The lowest BCUT2D eigenvalue weighted by atomic mass is 9.95. The SMILES string of the molecule is CCOc1ccc(C2C(=C(O)c3ccc(OCc4ccccc4C)cc3)C(=O)C(=O)N2c2nnc(SCc3ccc(Cl)cc3)s2)cc1OC. The predicted molar refractivity (Wildman–Crippen MR) is 192 cm³/mol. The average Bonchev–Trinajstić information content (AvgIpc) is 3.69. The second-order valence-corrected chi connectivity index (χ2v) is 13.6. The molecule has 250 valence electrons. The highest BCUT2D eigenvalue weighted by molar-refractivity contribution is 8.00. The van der Waals surface area contributed by atoms with Gasteiger partial charge in [0, 0.05) is 16.3 Å². The number of hydrogen-bond donors (Lipinski definition) is 1. The smallest absolute Gasteiger partial charge is 0.301 e. The summed E-state index contributed by atoms with van der Waals surface area (Å²) in [5.41, 5.74) is 4.00. The number of anilines is 1. The van der Waals surface area contributed by atoms with Gasteiger partial charge in [0.15, 0.2) is 15.8 Å². The molecule has 4 aromatic carbocycles. The van der Waals surface area contributed by atoms with Gasteiger partial charge in [0.25, 0.3) is 5.78 Å². The minimum Gasteiger partial charge on any atom is -0.507 e. The number of carbonyl (C=O) groups excluding carboxylic acids is 2. The zero-order valence-corrected chi connectivity index (χ0v) is 29.3. The molecule has 5 aromatic rings. The van der Waals surface area contributed by atoms with Crippen molar-refractivity contribution in [2.45, 2.75) is 36.6 Å². The van der Waals surface area contributed by atoms with Crippen LogP contribution in [0.5, 0.6) is 17.2 Å². The fraction of sp³-hybridized carbons (Fsp3) is 0.189. The van der Waals surface area contributed by atoms with Crippen molar-refractivity contribution >= 4 is 57.3 Å². The lowest BCUT2D eigenvalue weighted by Crippen LogP contribution is -2.29. The minimum atomic E-state index is -1.02. The van der Waals surface area contributed by atoms with E-state index in [9.17, 15) is 14.7 Å². The third-order valence-corrected chi connectivity index (χ3v) is 10.3. The van der Waals surface area contributed by atoms with Crippen LogP contribution in [0.2, 0.25) is 5.02 Å². The van der Waals surface area contributed by atoms with Crippen molar-refractivity contribution < 1.29 is 28.9 Å². The Bertz CT molecular complexity index is 2010. The Kier molecular flexibility index (Phi) is 10.5. The van der Waals surface area contributed by atoms with Crippen molar-refractivity contribution in [2.24, 2.45) is 0 Å². The second kappa shape index (κ2) is 15.1. The Balaban J connectivity index is 1.34. The zero-order valence-electron chi connectivity index (χ0n) is 26.9. The molecule has 49 heavy (non-hydrogen) atoms. The minimum absolute atomic E-state index is 0.0876. The first-order valence-electron chi connectivity index (χ1n) is 15.4. The summed E-state index contributed by atoms with van der Waals surface area (Å²) in [6.07, 6.45) is 0. The molecule has 0 radical (unpaired) electrons. The van der Waals surface area contributed by atoms with Gasteiger partial charge in [0.1, 0.15) is 18.1 Å². The molecule has 1 amide bonds. The Morgan fingerprint density at radius 1 is 0.959 bits per heavy atom. The van der Waals surface area contributed by atoms with Gasteiger partial charge in [-0.25, -0.2) is 0 Å². The molecule has 1 atom stereocenters. The Morgan fingerprint density at radius 3 is 2.43 bits per heavy atom. The van der Waals surface area contributed by atoms with Crippen molar-refractivity contribution in [3.05, 3.63) is 129 Å². The quantitative estimate of drug-likeness (QED) is 0.0448. The summed E-state index contributed by atoms with van der Waals surface area (Å²) in [5.74, 6) is 0.107. The van der Waals surface area contributed by atoms with Crippen LogP contribution in [0.3, 0.4) is 0 Å². The van der Waals surface area contributed by atoms with E-state index in [4.69, 9.17) is 25.8 Å². The van der Waals surface area contributed by atoms with Gasteiger partial charge in [-0.05, 0) is 84.6 Å². The van der Waals surface area contributed by atoms with Gasteiger partial charge < -0.3 is 19.3 Å². The first-order valence-corrected chi connectivity index (χ1v) is 17.6. The molecular formula is C37H32ClN3O6S2. The van der Waals surface area contributed by atoms with Crippen LogP contribution in [0.4, 0.5) is 5.13 Å². The standard InChI is InChI=1S/C37H32ClN3O6S2/c1-4-46-29-18-13-25(19-30(29)45-3)32-31(33(42)24-11-16-28(17-12-24)47-20-26-8-6-5-7-22(26)2)34(43)35(44)41(32)36-39-40-37(49-36)48-21-23-9-14-27(38)15-10-23/h5-19,32,42H,4,20-21H2,1-3H3. The van der Waals surface area contributed by atoms with Crippen LogP contribution in [0.15, 0.2) is 101 Å². The van der Waals surface area contributed by atoms with E-state index < -0.39 is 17.7 Å². The molecule has 0 aliphatic carbocycles. The Labute approximate surface area is 297 Å². The molecule has 1 aliphatic rings. The van der Waals surface area contributed by atoms with Gasteiger partial charge in [-0.1, -0.05) is 77.2 Å². The van der Waals surface area contributed by atoms with Crippen molar-refractivity contribution in [1.82, 2.24) is 10.2 Å². The van der Waals surface area contributed by atoms with Crippen molar-refractivity contribution in [1.29, 1.82) is 0 Å². The van der Waals surface area contributed by atoms with E-state index in [0.717, 1.165) is 16.7 Å². The maximum Gasteiger partial charge on any atom is 0.301 e. The number of nitrogens with zero attached hydrogens (tertiary/aromatic N) is 3. The maximum atomic E-state index is 13.8. The zero-order chi connectivity index (χ0) is 34.5. The summed E-state index contributed by atoms with van der Waals surface area (Å²) in [7, 11) is 1.51. The highest BCUT2D eigenvalue weighted by Crippen LogP contribution is 2.45. The van der Waals surface area contributed by atoms with Crippen LogP contribution in [-0.4, -0.2) is 40.7 Å². The number of ether oxygens (including phenoxy) is 3. The number of ketones is 1. The fourth-order valence-electron chi connectivity index (χ4n) is 5.36. The monoisotopic (exact) mass is 713 g/mol. The summed E-state index contributed by atoms with van der Waals surface area (Å²) in [4.78, 5) is 28.8. The number of aromatic nitrogens is 2. The maximum absolute atomic E-state index is 13.8. The molecule has 6 rings (SSSR count). The summed E-state index contributed by atoms with van der Waals surface area (Å²) in [5, 5.41) is 21.2. The molecular weight excluding hydrogens is 682 g/mol. The first-order chi connectivity index (χ1) is 23.8. The van der Waals surface area contributed by atoms with E-state index >= 15 is 0 Å². The molecule has 1 saturated heterocycles. The number of aliphatic hydroxyl groups is 1. The third-order valence-electron chi connectivity index (χ3n) is 7.91. The number of hydrogen-bond acceptors (Lipinski definition) is 10. The number of thioether (sulfide) groups is 1. The number of aryl methyl sites for hydroxylation is 1. The number of rotatable bonds is 12. The van der Waals surface area contributed by atoms with Crippen LogP contribution in [0, 0.1) is 6.92 Å². The van der Waals surface area contributed by atoms with E-state index in [-0.39, 0.29) is 16.5 Å². The van der Waals surface area contributed by atoms with Crippen LogP contribution in [0.25, 0.3) is 5.76 Å². The van der Waals surface area contributed by atoms with E-state index in [1.54, 1.807) is 42.5 Å². The van der Waals surface area contributed by atoms with Gasteiger partial charge in [0.2, 0.25) is 5.13 Å². The van der Waals surface area contributed by atoms with Gasteiger partial charge in [-0.2, -0.15) is 0 Å². The van der Waals surface area contributed by atoms with E-state index in [1.807, 2.05) is 62.4 Å². The molecule has 1 N–H and O–H groups in total. The van der Waals surface area contributed by atoms with Crippen LogP contribution in [-0.2, 0) is 21.9 Å². The van der Waals surface area contributed by atoms with E-state index in [1.165, 1.54) is 35.1 Å². The highest BCUT2D eigenvalue weighted by Gasteiger charge is 2.48. The van der Waals surface area contributed by atoms with Crippen molar-refractivity contribution in [2.75, 3.05) is 18.6 Å². The molecule has 1 fully saturated rings. The topological polar surface area (TPSA) is 111 Å². The molecule has 12 heteroatoms. The number of carbonyl (C=O) groups is 2. The number of methoxy groups -OCH3 is 1. The number of benzene rings is 4. The first kappa shape index (κ1) is 34.0. The largest absolute Gasteiger partial charge is 0.507 e. The number of halogens is 1. The van der Waals surface area contributed by atoms with Gasteiger partial charge in [-0.3, -0.25) is 14.5 Å². The molecule has 9 nitrogen and oxygen atoms in total. The number of aliphatic hydroxyl groups excluding tert-OH is 1.